The van der Waals surface area contributed by atoms with Gasteiger partial charge < -0.3 is 0 Å². The molecular formula is C8H16N2O. The average molecular weight is 156 g/mol. The summed E-state index contributed by atoms with van der Waals surface area (Å²) in [6.07, 6.45) is 1.92. The Morgan fingerprint density at radius 1 is 1.45 bits per heavy atom. The molecule has 0 saturated heterocycles. The van der Waals surface area contributed by atoms with Crippen LogP contribution in [0.5, 0.6) is 0 Å². The number of hydrogen-bond donors (Lipinski definition) is 2. The molecule has 0 spiro atoms. The van der Waals surface area contributed by atoms with Gasteiger partial charge in [0.15, 0.2) is 0 Å². The maximum atomic E-state index is 11.0. The maximum Gasteiger partial charge on any atom is 0.260 e. The van der Waals surface area contributed by atoms with Crippen LogP contribution in [0.25, 0.3) is 0 Å². The molecule has 3 heteroatoms. The molecule has 0 unspecified atom stereocenters. The third-order valence-electron chi connectivity index (χ3n) is 1.18. The number of carbonyl (C=O) groups is 1. The van der Waals surface area contributed by atoms with E-state index in [4.69, 9.17) is 0 Å². The highest BCUT2D eigenvalue weighted by molar-refractivity contribution is 5.92. The lowest BCUT2D eigenvalue weighted by atomic mass is 10.1. The standard InChI is InChI=1S/C8H16N2O/c1-6(2)5-7(3)8(11)10-9-4/h5-6,9H,1-4H3,(H,10,11). The Morgan fingerprint density at radius 2 is 2.00 bits per heavy atom. The average Bonchev–Trinajstić information content (AvgIpc) is 1.86. The van der Waals surface area contributed by atoms with Crippen molar-refractivity contribution in [1.29, 1.82) is 0 Å². The van der Waals surface area contributed by atoms with Crippen molar-refractivity contribution in [2.45, 2.75) is 20.8 Å². The van der Waals surface area contributed by atoms with Gasteiger partial charge in [0.25, 0.3) is 5.91 Å². The SMILES string of the molecule is CNNC(=O)C(C)=CC(C)C. The molecule has 0 aliphatic carbocycles. The van der Waals surface area contributed by atoms with E-state index in [2.05, 4.69) is 10.9 Å². The van der Waals surface area contributed by atoms with E-state index in [0.29, 0.717) is 5.92 Å². The van der Waals surface area contributed by atoms with Crippen molar-refractivity contribution in [2.24, 2.45) is 5.92 Å². The van der Waals surface area contributed by atoms with E-state index in [1.807, 2.05) is 19.9 Å². The summed E-state index contributed by atoms with van der Waals surface area (Å²) in [5, 5.41) is 0. The summed E-state index contributed by atoms with van der Waals surface area (Å²) in [5.41, 5.74) is 5.82. The molecule has 11 heavy (non-hydrogen) atoms. The van der Waals surface area contributed by atoms with Gasteiger partial charge in [-0.15, -0.1) is 0 Å². The first-order valence-corrected chi connectivity index (χ1v) is 3.73. The molecule has 3 nitrogen and oxygen atoms in total. The molecule has 0 aliphatic rings. The first kappa shape index (κ1) is 10.2. The first-order valence-electron chi connectivity index (χ1n) is 3.73. The highest BCUT2D eigenvalue weighted by atomic mass is 16.2. The van der Waals surface area contributed by atoms with Gasteiger partial charge in [0.2, 0.25) is 0 Å². The largest absolute Gasteiger partial charge is 0.288 e. The minimum absolute atomic E-state index is 0.0683. The van der Waals surface area contributed by atoms with Gasteiger partial charge in [-0.25, -0.2) is 5.43 Å². The molecule has 0 radical (unpaired) electrons. The molecule has 2 N–H and O–H groups in total. The van der Waals surface area contributed by atoms with E-state index in [-0.39, 0.29) is 5.91 Å². The minimum Gasteiger partial charge on any atom is -0.288 e. The summed E-state index contributed by atoms with van der Waals surface area (Å²) >= 11 is 0. The lowest BCUT2D eigenvalue weighted by molar-refractivity contribution is -0.118. The zero-order valence-electron chi connectivity index (χ0n) is 7.56. The van der Waals surface area contributed by atoms with Crippen LogP contribution in [0.2, 0.25) is 0 Å². The van der Waals surface area contributed by atoms with E-state index < -0.39 is 0 Å². The Bertz CT molecular complexity index is 161. The molecule has 0 bridgehead atoms. The number of rotatable bonds is 3. The summed E-state index contributed by atoms with van der Waals surface area (Å²) in [6, 6.07) is 0. The predicted molar refractivity (Wildman–Crippen MR) is 45.8 cm³/mol. The van der Waals surface area contributed by atoms with Crippen LogP contribution in [-0.2, 0) is 4.79 Å². The normalized spacial score (nSPS) is 11.9. The van der Waals surface area contributed by atoms with Crippen LogP contribution in [0.3, 0.4) is 0 Å². The summed E-state index contributed by atoms with van der Waals surface area (Å²) in [5.74, 6) is 0.346. The molecule has 0 aliphatic heterocycles. The lowest BCUT2D eigenvalue weighted by Gasteiger charge is -2.03. The van der Waals surface area contributed by atoms with Gasteiger partial charge in [-0.3, -0.25) is 10.2 Å². The number of hydrazine groups is 1. The van der Waals surface area contributed by atoms with Crippen LogP contribution in [-0.4, -0.2) is 13.0 Å². The molecule has 0 aromatic carbocycles. The molecule has 0 fully saturated rings. The predicted octanol–water partition coefficient (Wildman–Crippen LogP) is 0.839. The Labute approximate surface area is 67.8 Å². The molecule has 0 saturated carbocycles. The molecule has 64 valence electrons. The van der Waals surface area contributed by atoms with Gasteiger partial charge in [0, 0.05) is 12.6 Å². The Kier molecular flexibility index (Phi) is 4.54. The van der Waals surface area contributed by atoms with Crippen LogP contribution < -0.4 is 10.9 Å². The van der Waals surface area contributed by atoms with Crippen molar-refractivity contribution < 1.29 is 4.79 Å². The maximum absolute atomic E-state index is 11.0. The third kappa shape index (κ3) is 4.56. The second-order valence-corrected chi connectivity index (χ2v) is 2.80. The molecule has 0 rings (SSSR count). The van der Waals surface area contributed by atoms with Crippen LogP contribution in [0.1, 0.15) is 20.8 Å². The summed E-state index contributed by atoms with van der Waals surface area (Å²) < 4.78 is 0. The number of amides is 1. The molecule has 1 amide bonds. The Balaban J connectivity index is 4.01. The van der Waals surface area contributed by atoms with Crippen molar-refractivity contribution in [3.05, 3.63) is 11.6 Å². The van der Waals surface area contributed by atoms with Crippen molar-refractivity contribution >= 4 is 5.91 Å². The number of allylic oxidation sites excluding steroid dienone is 1. The second kappa shape index (κ2) is 4.91. The van der Waals surface area contributed by atoms with Gasteiger partial charge in [0.1, 0.15) is 0 Å². The van der Waals surface area contributed by atoms with Gasteiger partial charge >= 0.3 is 0 Å². The third-order valence-corrected chi connectivity index (χ3v) is 1.18. The summed E-state index contributed by atoms with van der Waals surface area (Å²) in [4.78, 5) is 11.0. The van der Waals surface area contributed by atoms with Crippen molar-refractivity contribution in [3.63, 3.8) is 0 Å². The van der Waals surface area contributed by atoms with Crippen molar-refractivity contribution in [1.82, 2.24) is 10.9 Å². The van der Waals surface area contributed by atoms with Crippen LogP contribution >= 0.6 is 0 Å². The van der Waals surface area contributed by atoms with Crippen molar-refractivity contribution in [3.8, 4) is 0 Å². The Morgan fingerprint density at radius 3 is 2.36 bits per heavy atom. The minimum atomic E-state index is -0.0683. The number of nitrogens with one attached hydrogen (secondary N) is 2. The van der Waals surface area contributed by atoms with E-state index in [1.54, 1.807) is 14.0 Å². The summed E-state index contributed by atoms with van der Waals surface area (Å²) in [7, 11) is 1.67. The number of hydrogen-bond acceptors (Lipinski definition) is 2. The topological polar surface area (TPSA) is 41.1 Å². The van der Waals surface area contributed by atoms with Crippen LogP contribution in [0.4, 0.5) is 0 Å². The smallest absolute Gasteiger partial charge is 0.260 e. The Hall–Kier alpha value is -0.830. The second-order valence-electron chi connectivity index (χ2n) is 2.80. The first-order chi connectivity index (χ1) is 5.07. The van der Waals surface area contributed by atoms with Gasteiger partial charge in [-0.1, -0.05) is 19.9 Å². The molecule has 0 atom stereocenters. The van der Waals surface area contributed by atoms with Crippen molar-refractivity contribution in [2.75, 3.05) is 7.05 Å². The molecule has 0 aromatic rings. The fourth-order valence-corrected chi connectivity index (χ4v) is 0.788. The van der Waals surface area contributed by atoms with E-state index in [9.17, 15) is 4.79 Å². The summed E-state index contributed by atoms with van der Waals surface area (Å²) in [6.45, 7) is 5.87. The zero-order valence-corrected chi connectivity index (χ0v) is 7.56. The van der Waals surface area contributed by atoms with Gasteiger partial charge in [-0.05, 0) is 12.8 Å². The monoisotopic (exact) mass is 156 g/mol. The fourth-order valence-electron chi connectivity index (χ4n) is 0.788. The molecule has 0 heterocycles. The zero-order chi connectivity index (χ0) is 8.85. The van der Waals surface area contributed by atoms with Crippen LogP contribution in [0, 0.1) is 5.92 Å². The van der Waals surface area contributed by atoms with Crippen LogP contribution in [0.15, 0.2) is 11.6 Å². The highest BCUT2D eigenvalue weighted by Gasteiger charge is 2.01. The highest BCUT2D eigenvalue weighted by Crippen LogP contribution is 2.00. The molecule has 0 aromatic heterocycles. The van der Waals surface area contributed by atoms with Gasteiger partial charge in [-0.2, -0.15) is 0 Å². The van der Waals surface area contributed by atoms with E-state index in [1.165, 1.54) is 0 Å². The van der Waals surface area contributed by atoms with Gasteiger partial charge in [0.05, 0.1) is 0 Å². The van der Waals surface area contributed by atoms with E-state index >= 15 is 0 Å². The van der Waals surface area contributed by atoms with E-state index in [0.717, 1.165) is 5.57 Å². The molecular weight excluding hydrogens is 140 g/mol. The lowest BCUT2D eigenvalue weighted by Crippen LogP contribution is -2.34. The fraction of sp³-hybridized carbons (Fsp3) is 0.625. The quantitative estimate of drug-likeness (QED) is 0.469. The number of carbonyl (C=O) groups excluding carboxylic acids is 1.